The van der Waals surface area contributed by atoms with Crippen molar-refractivity contribution in [1.82, 2.24) is 15.3 Å². The molecule has 1 aliphatic heterocycles. The molecule has 2 amide bonds. The van der Waals surface area contributed by atoms with Crippen LogP contribution < -0.4 is 10.6 Å². The van der Waals surface area contributed by atoms with Crippen LogP contribution in [0.2, 0.25) is 5.02 Å². The van der Waals surface area contributed by atoms with Crippen molar-refractivity contribution in [1.29, 1.82) is 0 Å². The van der Waals surface area contributed by atoms with E-state index in [2.05, 4.69) is 25.6 Å². The summed E-state index contributed by atoms with van der Waals surface area (Å²) in [5.74, 6) is -0.192. The summed E-state index contributed by atoms with van der Waals surface area (Å²) in [6.45, 7) is 0. The molecule has 1 aliphatic carbocycles. The number of thioether (sulfide) groups is 1. The zero-order chi connectivity index (χ0) is 21.4. The number of carbonyl (C=O) groups excluding carboxylic acids is 2. The minimum Gasteiger partial charge on any atom is -0.324 e. The molecule has 3 aromatic rings. The van der Waals surface area contributed by atoms with Crippen molar-refractivity contribution in [3.05, 3.63) is 64.3 Å². The van der Waals surface area contributed by atoms with Crippen LogP contribution in [0.15, 0.2) is 58.7 Å². The SMILES string of the molecule is O=C1NC(=Nc2cccc(NC(=O)C3CC3)c2Cl)S/C1=C\c1ccc2nccnc2c1. The Morgan fingerprint density at radius 1 is 1.19 bits per heavy atom. The highest BCUT2D eigenvalue weighted by Gasteiger charge is 2.30. The van der Waals surface area contributed by atoms with E-state index in [1.165, 1.54) is 11.8 Å². The number of nitrogens with zero attached hydrogens (tertiary/aromatic N) is 3. The average molecular weight is 450 g/mol. The summed E-state index contributed by atoms with van der Waals surface area (Å²) in [6, 6.07) is 10.9. The Balaban J connectivity index is 1.37. The largest absolute Gasteiger partial charge is 0.324 e. The summed E-state index contributed by atoms with van der Waals surface area (Å²) in [7, 11) is 0. The lowest BCUT2D eigenvalue weighted by molar-refractivity contribution is -0.117. The van der Waals surface area contributed by atoms with E-state index in [1.807, 2.05) is 18.2 Å². The van der Waals surface area contributed by atoms with Crippen LogP contribution >= 0.6 is 23.4 Å². The molecule has 2 heterocycles. The van der Waals surface area contributed by atoms with Crippen molar-refractivity contribution in [2.24, 2.45) is 10.9 Å². The highest BCUT2D eigenvalue weighted by atomic mass is 35.5. The van der Waals surface area contributed by atoms with Gasteiger partial charge in [0.15, 0.2) is 5.17 Å². The second kappa shape index (κ2) is 8.13. The number of amides is 2. The van der Waals surface area contributed by atoms with E-state index in [4.69, 9.17) is 11.6 Å². The predicted octanol–water partition coefficient (Wildman–Crippen LogP) is 4.52. The second-order valence-corrected chi connectivity index (χ2v) is 8.60. The normalized spacial score (nSPS) is 18.5. The molecule has 2 fully saturated rings. The molecule has 31 heavy (non-hydrogen) atoms. The topological polar surface area (TPSA) is 96.3 Å². The molecule has 1 saturated heterocycles. The Morgan fingerprint density at radius 3 is 2.81 bits per heavy atom. The van der Waals surface area contributed by atoms with Crippen molar-refractivity contribution in [2.75, 3.05) is 5.32 Å². The first-order valence-electron chi connectivity index (χ1n) is 9.66. The first kappa shape index (κ1) is 19.7. The molecule has 7 nitrogen and oxygen atoms in total. The molecule has 0 bridgehead atoms. The average Bonchev–Trinajstić information content (AvgIpc) is 3.56. The molecule has 1 aromatic heterocycles. The maximum absolute atomic E-state index is 12.4. The van der Waals surface area contributed by atoms with Crippen molar-refractivity contribution in [3.63, 3.8) is 0 Å². The number of fused-ring (bicyclic) bond motifs is 1. The zero-order valence-corrected chi connectivity index (χ0v) is 17.7. The number of nitrogens with one attached hydrogen (secondary N) is 2. The van der Waals surface area contributed by atoms with Gasteiger partial charge >= 0.3 is 0 Å². The number of aromatic nitrogens is 2. The Hall–Kier alpha value is -3.23. The molecule has 154 valence electrons. The van der Waals surface area contributed by atoms with Gasteiger partial charge in [0.1, 0.15) is 0 Å². The Bertz CT molecular complexity index is 1290. The number of halogens is 1. The van der Waals surface area contributed by atoms with Gasteiger partial charge in [-0.05, 0) is 60.5 Å². The molecule has 1 saturated carbocycles. The molecule has 0 unspecified atom stereocenters. The van der Waals surface area contributed by atoms with E-state index in [0.29, 0.717) is 26.5 Å². The molecular weight excluding hydrogens is 434 g/mol. The lowest BCUT2D eigenvalue weighted by Gasteiger charge is -2.08. The summed E-state index contributed by atoms with van der Waals surface area (Å²) in [4.78, 5) is 38.0. The fourth-order valence-corrected chi connectivity index (χ4v) is 4.14. The third-order valence-electron chi connectivity index (χ3n) is 4.85. The first-order valence-corrected chi connectivity index (χ1v) is 10.9. The van der Waals surface area contributed by atoms with Gasteiger partial charge in [-0.15, -0.1) is 0 Å². The third-order valence-corrected chi connectivity index (χ3v) is 6.16. The van der Waals surface area contributed by atoms with E-state index in [1.54, 1.807) is 36.7 Å². The molecule has 2 N–H and O–H groups in total. The van der Waals surface area contributed by atoms with Gasteiger partial charge in [0.05, 0.1) is 32.3 Å². The van der Waals surface area contributed by atoms with Crippen LogP contribution in [-0.2, 0) is 9.59 Å². The van der Waals surface area contributed by atoms with E-state index < -0.39 is 0 Å². The lowest BCUT2D eigenvalue weighted by Crippen LogP contribution is -2.19. The summed E-state index contributed by atoms with van der Waals surface area (Å²) in [6.07, 6.45) is 6.87. The Kier molecular flexibility index (Phi) is 5.17. The highest BCUT2D eigenvalue weighted by Crippen LogP contribution is 2.37. The van der Waals surface area contributed by atoms with Crippen LogP contribution in [0.3, 0.4) is 0 Å². The van der Waals surface area contributed by atoms with E-state index in [9.17, 15) is 9.59 Å². The van der Waals surface area contributed by atoms with E-state index in [0.717, 1.165) is 29.4 Å². The summed E-state index contributed by atoms with van der Waals surface area (Å²) < 4.78 is 0. The van der Waals surface area contributed by atoms with Crippen molar-refractivity contribution >= 4 is 68.8 Å². The maximum atomic E-state index is 12.4. The van der Waals surface area contributed by atoms with Crippen LogP contribution in [0.5, 0.6) is 0 Å². The molecule has 5 rings (SSSR count). The molecular formula is C22H16ClN5O2S. The standard InChI is InChI=1S/C22H16ClN5O2S/c23-19-15(26-20(29)13-5-6-13)2-1-3-16(19)27-22-28-21(30)18(31-22)11-12-4-7-14-17(10-12)25-9-8-24-14/h1-4,7-11,13H,5-6H2,(H,26,29)(H,27,28,30)/b18-11-. The Labute approximate surface area is 187 Å². The van der Waals surface area contributed by atoms with Gasteiger partial charge < -0.3 is 10.6 Å². The number of carbonyl (C=O) groups is 2. The van der Waals surface area contributed by atoms with Gasteiger partial charge in [0.25, 0.3) is 5.91 Å². The quantitative estimate of drug-likeness (QED) is 0.571. The molecule has 2 aromatic carbocycles. The number of benzene rings is 2. The molecule has 0 radical (unpaired) electrons. The van der Waals surface area contributed by atoms with Crippen LogP contribution in [0.4, 0.5) is 11.4 Å². The van der Waals surface area contributed by atoms with Gasteiger partial charge in [-0.2, -0.15) is 0 Å². The summed E-state index contributed by atoms with van der Waals surface area (Å²) >= 11 is 7.67. The van der Waals surface area contributed by atoms with Crippen LogP contribution in [-0.4, -0.2) is 26.9 Å². The maximum Gasteiger partial charge on any atom is 0.264 e. The number of hydrogen-bond acceptors (Lipinski definition) is 6. The van der Waals surface area contributed by atoms with Crippen LogP contribution in [0.1, 0.15) is 18.4 Å². The fourth-order valence-electron chi connectivity index (χ4n) is 3.09. The van der Waals surface area contributed by atoms with Crippen molar-refractivity contribution in [2.45, 2.75) is 12.8 Å². The van der Waals surface area contributed by atoms with E-state index in [-0.39, 0.29) is 17.7 Å². The molecule has 0 atom stereocenters. The molecule has 2 aliphatic rings. The number of rotatable bonds is 4. The van der Waals surface area contributed by atoms with Crippen LogP contribution in [0, 0.1) is 5.92 Å². The number of aliphatic imine (C=N–C) groups is 1. The summed E-state index contributed by atoms with van der Waals surface area (Å²) in [5, 5.41) is 6.36. The van der Waals surface area contributed by atoms with Gasteiger partial charge in [0.2, 0.25) is 5.91 Å². The zero-order valence-electron chi connectivity index (χ0n) is 16.1. The second-order valence-electron chi connectivity index (χ2n) is 7.19. The Morgan fingerprint density at radius 2 is 2.00 bits per heavy atom. The monoisotopic (exact) mass is 449 g/mol. The minimum atomic E-state index is -0.239. The highest BCUT2D eigenvalue weighted by molar-refractivity contribution is 8.18. The van der Waals surface area contributed by atoms with Gasteiger partial charge in [0, 0.05) is 18.3 Å². The van der Waals surface area contributed by atoms with Gasteiger partial charge in [-0.3, -0.25) is 19.6 Å². The number of amidine groups is 1. The van der Waals surface area contributed by atoms with Gasteiger partial charge in [-0.25, -0.2) is 4.99 Å². The summed E-state index contributed by atoms with van der Waals surface area (Å²) in [5.41, 5.74) is 3.38. The van der Waals surface area contributed by atoms with E-state index >= 15 is 0 Å². The number of hydrogen-bond donors (Lipinski definition) is 2. The van der Waals surface area contributed by atoms with Crippen LogP contribution in [0.25, 0.3) is 17.1 Å². The third kappa shape index (κ3) is 4.30. The molecule has 9 heteroatoms. The molecule has 0 spiro atoms. The van der Waals surface area contributed by atoms with Gasteiger partial charge in [-0.1, -0.05) is 23.7 Å². The van der Waals surface area contributed by atoms with Crippen molar-refractivity contribution < 1.29 is 9.59 Å². The smallest absolute Gasteiger partial charge is 0.264 e. The fraction of sp³-hybridized carbons (Fsp3) is 0.136. The minimum absolute atomic E-state index is 0.0273. The number of anilines is 1. The predicted molar refractivity (Wildman–Crippen MR) is 123 cm³/mol. The van der Waals surface area contributed by atoms with Crippen molar-refractivity contribution in [3.8, 4) is 0 Å². The first-order chi connectivity index (χ1) is 15.1. The lowest BCUT2D eigenvalue weighted by atomic mass is 10.2.